The van der Waals surface area contributed by atoms with Gasteiger partial charge in [-0.2, -0.15) is 10.2 Å². The number of benzene rings is 2. The van der Waals surface area contributed by atoms with Crippen molar-refractivity contribution in [1.82, 2.24) is 0 Å². The minimum absolute atomic E-state index is 0. The maximum absolute atomic E-state index is 5.26. The Morgan fingerprint density at radius 3 is 1.86 bits per heavy atom. The third-order valence-electron chi connectivity index (χ3n) is 3.50. The molecule has 0 unspecified atom stereocenters. The van der Waals surface area contributed by atoms with E-state index in [1.54, 1.807) is 23.8 Å². The van der Waals surface area contributed by atoms with Crippen LogP contribution in [-0.4, -0.2) is 24.3 Å². The SMILES string of the molecule is Cl.Cl.NC(N)=NN=Cc1ccc(-c2cc3ccc(C=NN=C(N)N)cc3s2)cc1. The highest BCUT2D eigenvalue weighted by atomic mass is 35.5. The second-order valence-electron chi connectivity index (χ2n) is 5.57. The first-order chi connectivity index (χ1) is 13.0. The molecule has 8 nitrogen and oxygen atoms in total. The maximum Gasteiger partial charge on any atom is 0.211 e. The molecule has 0 aliphatic carbocycles. The van der Waals surface area contributed by atoms with E-state index in [0.717, 1.165) is 31.7 Å². The molecule has 1 heterocycles. The van der Waals surface area contributed by atoms with Gasteiger partial charge in [0.2, 0.25) is 11.9 Å². The van der Waals surface area contributed by atoms with Crippen molar-refractivity contribution in [2.45, 2.75) is 0 Å². The Kier molecular flexibility index (Phi) is 9.07. The molecule has 3 aromatic rings. The molecule has 0 fully saturated rings. The van der Waals surface area contributed by atoms with Crippen molar-refractivity contribution in [2.75, 3.05) is 0 Å². The van der Waals surface area contributed by atoms with E-state index in [-0.39, 0.29) is 36.7 Å². The topological polar surface area (TPSA) is 154 Å². The highest BCUT2D eigenvalue weighted by molar-refractivity contribution is 7.22. The summed E-state index contributed by atoms with van der Waals surface area (Å²) in [6, 6.07) is 16.2. The lowest BCUT2D eigenvalue weighted by molar-refractivity contribution is 1.21. The molecule has 0 saturated carbocycles. The summed E-state index contributed by atoms with van der Waals surface area (Å²) >= 11 is 1.70. The molecule has 0 saturated heterocycles. The Labute approximate surface area is 183 Å². The molecule has 11 heteroatoms. The van der Waals surface area contributed by atoms with E-state index in [1.165, 1.54) is 0 Å². The van der Waals surface area contributed by atoms with Gasteiger partial charge in [-0.15, -0.1) is 46.4 Å². The van der Waals surface area contributed by atoms with Gasteiger partial charge in [-0.25, -0.2) is 0 Å². The minimum Gasteiger partial charge on any atom is -0.369 e. The Balaban J connectivity index is 0.00000210. The van der Waals surface area contributed by atoms with Crippen LogP contribution in [0.5, 0.6) is 0 Å². The van der Waals surface area contributed by atoms with Gasteiger partial charge >= 0.3 is 0 Å². The summed E-state index contributed by atoms with van der Waals surface area (Å²) in [5.74, 6) is -0.145. The van der Waals surface area contributed by atoms with E-state index >= 15 is 0 Å². The first-order valence-electron chi connectivity index (χ1n) is 7.89. The molecule has 1 aromatic heterocycles. The number of hydrogen-bond donors (Lipinski definition) is 4. The van der Waals surface area contributed by atoms with Crippen molar-refractivity contribution in [3.8, 4) is 10.4 Å². The highest BCUT2D eigenvalue weighted by Gasteiger charge is 2.05. The summed E-state index contributed by atoms with van der Waals surface area (Å²) in [5.41, 5.74) is 23.9. The number of rotatable bonds is 5. The highest BCUT2D eigenvalue weighted by Crippen LogP contribution is 2.33. The van der Waals surface area contributed by atoms with Crippen molar-refractivity contribution in [3.63, 3.8) is 0 Å². The quantitative estimate of drug-likeness (QED) is 0.267. The molecule has 29 heavy (non-hydrogen) atoms. The standard InChI is InChI=1S/C18H18N8S.2ClH/c19-17(20)25-23-9-11-1-4-13(5-2-11)16-8-14-6-3-12(7-15(14)27-16)10-24-26-18(21)22;;/h1-10H,(H4,19,20,25)(H4,21,22,26);2*1H. The van der Waals surface area contributed by atoms with E-state index in [2.05, 4.69) is 26.5 Å². The van der Waals surface area contributed by atoms with Gasteiger partial charge in [0.15, 0.2) is 0 Å². The molecule has 2 aromatic carbocycles. The summed E-state index contributed by atoms with van der Waals surface area (Å²) in [6.45, 7) is 0. The summed E-state index contributed by atoms with van der Waals surface area (Å²) in [4.78, 5) is 1.16. The zero-order valence-corrected chi connectivity index (χ0v) is 17.5. The molecule has 152 valence electrons. The number of hydrogen-bond acceptors (Lipinski definition) is 5. The van der Waals surface area contributed by atoms with Crippen LogP contribution in [0.4, 0.5) is 0 Å². The number of guanidine groups is 2. The van der Waals surface area contributed by atoms with Crippen molar-refractivity contribution in [3.05, 3.63) is 59.7 Å². The number of fused-ring (bicyclic) bond motifs is 1. The van der Waals surface area contributed by atoms with Gasteiger partial charge in [-0.3, -0.25) is 0 Å². The minimum atomic E-state index is -0.0733. The maximum atomic E-state index is 5.26. The van der Waals surface area contributed by atoms with E-state index in [0.29, 0.717) is 0 Å². The van der Waals surface area contributed by atoms with Crippen molar-refractivity contribution in [2.24, 2.45) is 43.3 Å². The lowest BCUT2D eigenvalue weighted by Gasteiger charge is -1.97. The third kappa shape index (κ3) is 6.75. The Morgan fingerprint density at radius 2 is 1.28 bits per heavy atom. The molecule has 0 radical (unpaired) electrons. The number of nitrogens with two attached hydrogens (primary N) is 4. The molecule has 0 aliphatic heterocycles. The molecule has 0 bridgehead atoms. The predicted octanol–water partition coefficient (Wildman–Crippen LogP) is 2.63. The molecule has 0 spiro atoms. The third-order valence-corrected chi connectivity index (χ3v) is 4.65. The van der Waals surface area contributed by atoms with E-state index in [1.807, 2.05) is 42.5 Å². The largest absolute Gasteiger partial charge is 0.369 e. The summed E-state index contributed by atoms with van der Waals surface area (Å²) in [5, 5.41) is 16.0. The van der Waals surface area contributed by atoms with Crippen molar-refractivity contribution in [1.29, 1.82) is 0 Å². The average molecular weight is 451 g/mol. The number of nitrogens with zero attached hydrogens (tertiary/aromatic N) is 4. The number of halogens is 2. The fraction of sp³-hybridized carbons (Fsp3) is 0. The van der Waals surface area contributed by atoms with E-state index in [9.17, 15) is 0 Å². The second kappa shape index (κ2) is 11.0. The number of thiophene rings is 1. The molecular weight excluding hydrogens is 431 g/mol. The van der Waals surface area contributed by atoms with Crippen LogP contribution in [0.3, 0.4) is 0 Å². The van der Waals surface area contributed by atoms with Crippen LogP contribution in [0.2, 0.25) is 0 Å². The molecule has 0 aliphatic rings. The van der Waals surface area contributed by atoms with Gasteiger partial charge < -0.3 is 22.9 Å². The van der Waals surface area contributed by atoms with E-state index < -0.39 is 0 Å². The van der Waals surface area contributed by atoms with Crippen LogP contribution in [0.1, 0.15) is 11.1 Å². The zero-order valence-electron chi connectivity index (χ0n) is 15.1. The fourth-order valence-electron chi connectivity index (χ4n) is 2.33. The van der Waals surface area contributed by atoms with Crippen molar-refractivity contribution >= 4 is 70.6 Å². The second-order valence-corrected chi connectivity index (χ2v) is 6.65. The molecule has 0 amide bonds. The van der Waals surface area contributed by atoms with Gasteiger partial charge in [0, 0.05) is 9.58 Å². The smallest absolute Gasteiger partial charge is 0.211 e. The van der Waals surface area contributed by atoms with Crippen LogP contribution < -0.4 is 22.9 Å². The Morgan fingerprint density at radius 1 is 0.724 bits per heavy atom. The van der Waals surface area contributed by atoms with Crippen LogP contribution in [0.25, 0.3) is 20.5 Å². The Bertz CT molecular complexity index is 1060. The first-order valence-corrected chi connectivity index (χ1v) is 8.71. The van der Waals surface area contributed by atoms with Crippen LogP contribution in [0.15, 0.2) is 68.9 Å². The summed E-state index contributed by atoms with van der Waals surface area (Å²) in [6.07, 6.45) is 3.21. The zero-order chi connectivity index (χ0) is 19.2. The van der Waals surface area contributed by atoms with Crippen LogP contribution in [0, 0.1) is 0 Å². The monoisotopic (exact) mass is 450 g/mol. The van der Waals surface area contributed by atoms with Gasteiger partial charge in [-0.05, 0) is 34.2 Å². The molecular formula is C18H20Cl2N8S. The summed E-state index contributed by atoms with van der Waals surface area (Å²) in [7, 11) is 0. The molecule has 3 rings (SSSR count). The van der Waals surface area contributed by atoms with Crippen LogP contribution >= 0.6 is 36.2 Å². The normalized spacial score (nSPS) is 10.5. The average Bonchev–Trinajstić information content (AvgIpc) is 3.05. The lowest BCUT2D eigenvalue weighted by Crippen LogP contribution is -2.21. The van der Waals surface area contributed by atoms with Crippen LogP contribution in [-0.2, 0) is 0 Å². The predicted molar refractivity (Wildman–Crippen MR) is 129 cm³/mol. The molecule has 8 N–H and O–H groups in total. The lowest BCUT2D eigenvalue weighted by atomic mass is 10.1. The van der Waals surface area contributed by atoms with Gasteiger partial charge in [0.05, 0.1) is 12.4 Å². The summed E-state index contributed by atoms with van der Waals surface area (Å²) < 4.78 is 1.15. The Hall–Kier alpha value is -3.14. The molecule has 0 atom stereocenters. The first kappa shape index (κ1) is 23.9. The van der Waals surface area contributed by atoms with Gasteiger partial charge in [0.1, 0.15) is 0 Å². The van der Waals surface area contributed by atoms with Gasteiger partial charge in [-0.1, -0.05) is 36.4 Å². The van der Waals surface area contributed by atoms with Crippen molar-refractivity contribution < 1.29 is 0 Å². The van der Waals surface area contributed by atoms with Gasteiger partial charge in [0.25, 0.3) is 0 Å². The fourth-order valence-corrected chi connectivity index (χ4v) is 3.44. The van der Waals surface area contributed by atoms with E-state index in [4.69, 9.17) is 22.9 Å².